The Labute approximate surface area is 149 Å². The Bertz CT molecular complexity index is 436. The summed E-state index contributed by atoms with van der Waals surface area (Å²) in [5, 5.41) is 0. The van der Waals surface area contributed by atoms with Gasteiger partial charge in [0.25, 0.3) is 0 Å². The van der Waals surface area contributed by atoms with Gasteiger partial charge in [-0.1, -0.05) is 43.7 Å². The number of morpholine rings is 1. The number of carbonyl (C=O) groups is 1. The zero-order chi connectivity index (χ0) is 16.2. The first-order valence-corrected chi connectivity index (χ1v) is 10.4. The van der Waals surface area contributed by atoms with Crippen molar-refractivity contribution in [2.45, 2.75) is 57.6 Å². The Balaban J connectivity index is 1.47. The minimum Gasteiger partial charge on any atom is -0.374 e. The molecule has 3 fully saturated rings. The Morgan fingerprint density at radius 2 is 1.91 bits per heavy atom. The highest BCUT2D eigenvalue weighted by Crippen LogP contribution is 2.29. The quantitative estimate of drug-likeness (QED) is 0.711. The number of carbonyl (C=O) groups excluding carboxylic acids is 1. The Kier molecular flexibility index (Phi) is 6.21. The summed E-state index contributed by atoms with van der Waals surface area (Å²) >= 11 is 7.09. The molecule has 23 heavy (non-hydrogen) atoms. The van der Waals surface area contributed by atoms with Gasteiger partial charge < -0.3 is 14.5 Å². The van der Waals surface area contributed by atoms with Gasteiger partial charge in [0.05, 0.1) is 24.5 Å². The number of piperidine rings is 1. The fourth-order valence-corrected chi connectivity index (χ4v) is 5.03. The van der Waals surface area contributed by atoms with E-state index < -0.39 is 0 Å². The van der Waals surface area contributed by atoms with Crippen LogP contribution in [0.25, 0.3) is 0 Å². The van der Waals surface area contributed by atoms with Crippen molar-refractivity contribution in [1.82, 2.24) is 9.80 Å². The topological polar surface area (TPSA) is 32.8 Å². The zero-order valence-corrected chi connectivity index (χ0v) is 15.7. The largest absolute Gasteiger partial charge is 0.374 e. The van der Waals surface area contributed by atoms with E-state index in [9.17, 15) is 4.79 Å². The number of likely N-dealkylation sites (tertiary alicyclic amines) is 1. The van der Waals surface area contributed by atoms with Crippen LogP contribution >= 0.6 is 24.0 Å². The molecule has 1 saturated carbocycles. The van der Waals surface area contributed by atoms with Crippen molar-refractivity contribution in [2.75, 3.05) is 32.0 Å². The average molecular weight is 357 g/mol. The standard InChI is InChI=1S/C17H28N2O2S2/c1-13-6-8-18(9-7-13)17(22)23-12-16(20)19-10-11-21-15-5-3-2-4-14(15)19/h13-15H,2-12H2,1H3/t14-,15-/m1/s1. The normalized spacial score (nSPS) is 29.3. The molecule has 0 bridgehead atoms. The zero-order valence-electron chi connectivity index (χ0n) is 14.0. The third-order valence-electron chi connectivity index (χ3n) is 5.41. The lowest BCUT2D eigenvalue weighted by Crippen LogP contribution is -2.55. The van der Waals surface area contributed by atoms with E-state index in [1.54, 1.807) is 11.8 Å². The molecule has 6 heteroatoms. The fourth-order valence-electron chi connectivity index (χ4n) is 3.89. The summed E-state index contributed by atoms with van der Waals surface area (Å²) in [5.74, 6) is 1.52. The monoisotopic (exact) mass is 356 g/mol. The molecular weight excluding hydrogens is 328 g/mol. The van der Waals surface area contributed by atoms with Crippen molar-refractivity contribution in [3.05, 3.63) is 0 Å². The first-order chi connectivity index (χ1) is 11.1. The van der Waals surface area contributed by atoms with E-state index in [0.29, 0.717) is 18.4 Å². The maximum absolute atomic E-state index is 12.7. The fraction of sp³-hybridized carbons (Fsp3) is 0.882. The van der Waals surface area contributed by atoms with Gasteiger partial charge in [0.1, 0.15) is 4.32 Å². The number of thioether (sulfide) groups is 1. The molecule has 0 aromatic rings. The summed E-state index contributed by atoms with van der Waals surface area (Å²) in [4.78, 5) is 17.0. The lowest BCUT2D eigenvalue weighted by atomic mass is 9.90. The Morgan fingerprint density at radius 1 is 1.17 bits per heavy atom. The van der Waals surface area contributed by atoms with Gasteiger partial charge in [0.2, 0.25) is 5.91 Å². The van der Waals surface area contributed by atoms with Gasteiger partial charge in [0.15, 0.2) is 0 Å². The predicted octanol–water partition coefficient (Wildman–Crippen LogP) is 2.91. The second-order valence-corrected chi connectivity index (χ2v) is 8.68. The van der Waals surface area contributed by atoms with Crippen molar-refractivity contribution in [3.63, 3.8) is 0 Å². The predicted molar refractivity (Wildman–Crippen MR) is 98.7 cm³/mol. The minimum absolute atomic E-state index is 0.239. The van der Waals surface area contributed by atoms with Crippen LogP contribution in [0.2, 0.25) is 0 Å². The average Bonchev–Trinajstić information content (AvgIpc) is 2.59. The van der Waals surface area contributed by atoms with E-state index in [1.807, 2.05) is 0 Å². The molecule has 0 aromatic carbocycles. The molecule has 2 atom stereocenters. The van der Waals surface area contributed by atoms with Gasteiger partial charge in [-0.2, -0.15) is 0 Å². The van der Waals surface area contributed by atoms with Crippen LogP contribution in [0.1, 0.15) is 45.4 Å². The maximum Gasteiger partial charge on any atom is 0.233 e. The number of thiocarbonyl (C=S) groups is 1. The van der Waals surface area contributed by atoms with Crippen LogP contribution in [-0.2, 0) is 9.53 Å². The van der Waals surface area contributed by atoms with Crippen LogP contribution < -0.4 is 0 Å². The third-order valence-corrected chi connectivity index (χ3v) is 6.92. The summed E-state index contributed by atoms with van der Waals surface area (Å²) in [6.07, 6.45) is 7.33. The van der Waals surface area contributed by atoms with Crippen LogP contribution in [0.15, 0.2) is 0 Å². The molecule has 2 heterocycles. The molecule has 2 saturated heterocycles. The first kappa shape index (κ1) is 17.5. The van der Waals surface area contributed by atoms with Crippen LogP contribution in [0.4, 0.5) is 0 Å². The summed E-state index contributed by atoms with van der Waals surface area (Å²) < 4.78 is 6.76. The Morgan fingerprint density at radius 3 is 2.70 bits per heavy atom. The number of rotatable bonds is 2. The highest BCUT2D eigenvalue weighted by atomic mass is 32.2. The van der Waals surface area contributed by atoms with E-state index in [2.05, 4.69) is 16.7 Å². The molecule has 1 amide bonds. The first-order valence-electron chi connectivity index (χ1n) is 8.98. The lowest BCUT2D eigenvalue weighted by Gasteiger charge is -2.43. The van der Waals surface area contributed by atoms with E-state index in [0.717, 1.165) is 42.7 Å². The number of fused-ring (bicyclic) bond motifs is 1. The van der Waals surface area contributed by atoms with Crippen molar-refractivity contribution in [2.24, 2.45) is 5.92 Å². The number of ether oxygens (including phenoxy) is 1. The molecule has 0 radical (unpaired) electrons. The highest BCUT2D eigenvalue weighted by molar-refractivity contribution is 8.23. The van der Waals surface area contributed by atoms with E-state index >= 15 is 0 Å². The van der Waals surface area contributed by atoms with Gasteiger partial charge >= 0.3 is 0 Å². The lowest BCUT2D eigenvalue weighted by molar-refractivity contribution is -0.146. The molecule has 0 spiro atoms. The second-order valence-electron chi connectivity index (χ2n) is 7.07. The molecule has 4 nitrogen and oxygen atoms in total. The van der Waals surface area contributed by atoms with Crippen molar-refractivity contribution >= 4 is 34.2 Å². The molecule has 3 aliphatic rings. The van der Waals surface area contributed by atoms with Gasteiger partial charge in [0, 0.05) is 19.6 Å². The van der Waals surface area contributed by atoms with Crippen molar-refractivity contribution in [3.8, 4) is 0 Å². The van der Waals surface area contributed by atoms with Crippen LogP contribution in [0.3, 0.4) is 0 Å². The van der Waals surface area contributed by atoms with Crippen LogP contribution in [0, 0.1) is 5.92 Å². The number of nitrogens with zero attached hydrogens (tertiary/aromatic N) is 2. The minimum atomic E-state index is 0.239. The van der Waals surface area contributed by atoms with Gasteiger partial charge in [-0.05, 0) is 31.6 Å². The van der Waals surface area contributed by atoms with Crippen molar-refractivity contribution in [1.29, 1.82) is 0 Å². The SMILES string of the molecule is CC1CCN(C(=S)SCC(=O)N2CCO[C@@H]3CCCC[C@H]32)CC1. The maximum atomic E-state index is 12.7. The Hall–Kier alpha value is -0.330. The smallest absolute Gasteiger partial charge is 0.233 e. The highest BCUT2D eigenvalue weighted by Gasteiger charge is 2.36. The molecule has 130 valence electrons. The summed E-state index contributed by atoms with van der Waals surface area (Å²) in [6.45, 7) is 5.82. The van der Waals surface area contributed by atoms with E-state index in [4.69, 9.17) is 17.0 Å². The molecule has 2 aliphatic heterocycles. The molecule has 3 rings (SSSR count). The molecular formula is C17H28N2O2S2. The second kappa shape index (κ2) is 8.17. The van der Waals surface area contributed by atoms with E-state index in [1.165, 1.54) is 25.7 Å². The van der Waals surface area contributed by atoms with Gasteiger partial charge in [-0.15, -0.1) is 0 Å². The molecule has 0 N–H and O–H groups in total. The van der Waals surface area contributed by atoms with Gasteiger partial charge in [-0.3, -0.25) is 4.79 Å². The van der Waals surface area contributed by atoms with Crippen LogP contribution in [0.5, 0.6) is 0 Å². The number of hydrogen-bond acceptors (Lipinski definition) is 4. The summed E-state index contributed by atoms with van der Waals surface area (Å²) in [6, 6.07) is 0.301. The third kappa shape index (κ3) is 4.40. The van der Waals surface area contributed by atoms with Crippen LogP contribution in [-0.4, -0.2) is 64.2 Å². The number of amides is 1. The van der Waals surface area contributed by atoms with Crippen molar-refractivity contribution < 1.29 is 9.53 Å². The number of hydrogen-bond donors (Lipinski definition) is 0. The summed E-state index contributed by atoms with van der Waals surface area (Å²) in [7, 11) is 0. The molecule has 0 unspecified atom stereocenters. The molecule has 1 aliphatic carbocycles. The van der Waals surface area contributed by atoms with Gasteiger partial charge in [-0.25, -0.2) is 0 Å². The van der Waals surface area contributed by atoms with E-state index in [-0.39, 0.29) is 12.0 Å². The summed E-state index contributed by atoms with van der Waals surface area (Å²) in [5.41, 5.74) is 0. The molecule has 0 aromatic heterocycles.